The number of likely N-dealkylation sites (tertiary alicyclic amines) is 1. The van der Waals surface area contributed by atoms with Gasteiger partial charge in [-0.15, -0.1) is 0 Å². The molecule has 1 aromatic carbocycles. The molecule has 2 fully saturated rings. The maximum atomic E-state index is 13.5. The van der Waals surface area contributed by atoms with E-state index in [1.807, 2.05) is 23.1 Å². The predicted octanol–water partition coefficient (Wildman–Crippen LogP) is 2.85. The van der Waals surface area contributed by atoms with Crippen LogP contribution in [0.2, 0.25) is 0 Å². The summed E-state index contributed by atoms with van der Waals surface area (Å²) in [5, 5.41) is 0. The van der Waals surface area contributed by atoms with Crippen molar-refractivity contribution in [2.45, 2.75) is 25.2 Å². The molecule has 2 saturated heterocycles. The maximum absolute atomic E-state index is 13.5. The molecule has 5 nitrogen and oxygen atoms in total. The van der Waals surface area contributed by atoms with Gasteiger partial charge in [-0.3, -0.25) is 14.7 Å². The standard InChI is InChI=1S/C23H28FN3O2/c24-20-6-1-4-18(14-20)15-21-7-2-8-22(25-21)19-5-3-9-26(16-19)17-23(28)27-10-12-29-13-11-27/h1-2,4,6-8,14,19H,3,5,9-13,15-17H2/t19-/m1/s1. The van der Waals surface area contributed by atoms with Crippen LogP contribution in [0.1, 0.15) is 35.7 Å². The summed E-state index contributed by atoms with van der Waals surface area (Å²) in [5.74, 6) is 0.307. The van der Waals surface area contributed by atoms with Gasteiger partial charge in [0, 0.05) is 43.4 Å². The third kappa shape index (κ3) is 5.40. The average Bonchev–Trinajstić information content (AvgIpc) is 2.75. The third-order valence-corrected chi connectivity index (χ3v) is 5.75. The Morgan fingerprint density at radius 1 is 1.14 bits per heavy atom. The van der Waals surface area contributed by atoms with Gasteiger partial charge in [0.25, 0.3) is 0 Å². The molecule has 0 saturated carbocycles. The molecule has 6 heteroatoms. The van der Waals surface area contributed by atoms with E-state index in [0.29, 0.717) is 45.2 Å². The lowest BCUT2D eigenvalue weighted by atomic mass is 9.94. The van der Waals surface area contributed by atoms with Gasteiger partial charge < -0.3 is 9.64 Å². The van der Waals surface area contributed by atoms with Gasteiger partial charge in [-0.25, -0.2) is 4.39 Å². The fourth-order valence-corrected chi connectivity index (χ4v) is 4.22. The number of benzene rings is 1. The van der Waals surface area contributed by atoms with Gasteiger partial charge in [0.1, 0.15) is 5.82 Å². The Hall–Kier alpha value is -2.31. The molecule has 2 aliphatic heterocycles. The second-order valence-corrected chi connectivity index (χ2v) is 7.93. The number of hydrogen-bond acceptors (Lipinski definition) is 4. The van der Waals surface area contributed by atoms with E-state index >= 15 is 0 Å². The van der Waals surface area contributed by atoms with E-state index in [2.05, 4.69) is 11.0 Å². The van der Waals surface area contributed by atoms with Crippen LogP contribution in [0.5, 0.6) is 0 Å². The van der Waals surface area contributed by atoms with Crippen molar-refractivity contribution in [2.24, 2.45) is 0 Å². The summed E-state index contributed by atoms with van der Waals surface area (Å²) in [6.45, 7) is 4.94. The van der Waals surface area contributed by atoms with Crippen LogP contribution in [-0.2, 0) is 16.0 Å². The van der Waals surface area contributed by atoms with Crippen molar-refractivity contribution in [3.05, 3.63) is 65.2 Å². The van der Waals surface area contributed by atoms with E-state index in [0.717, 1.165) is 42.9 Å². The molecular weight excluding hydrogens is 369 g/mol. The monoisotopic (exact) mass is 397 g/mol. The van der Waals surface area contributed by atoms with E-state index < -0.39 is 0 Å². The van der Waals surface area contributed by atoms with E-state index in [1.165, 1.54) is 6.07 Å². The van der Waals surface area contributed by atoms with Crippen molar-refractivity contribution < 1.29 is 13.9 Å². The van der Waals surface area contributed by atoms with Crippen LogP contribution in [0, 0.1) is 5.82 Å². The van der Waals surface area contributed by atoms with Crippen molar-refractivity contribution in [2.75, 3.05) is 45.9 Å². The molecule has 2 aliphatic rings. The number of morpholine rings is 1. The first-order valence-electron chi connectivity index (χ1n) is 10.5. The molecule has 154 valence electrons. The smallest absolute Gasteiger partial charge is 0.236 e. The number of aromatic nitrogens is 1. The minimum absolute atomic E-state index is 0.196. The largest absolute Gasteiger partial charge is 0.378 e. The lowest BCUT2D eigenvalue weighted by Crippen LogP contribution is -2.47. The quantitative estimate of drug-likeness (QED) is 0.778. The van der Waals surface area contributed by atoms with Crippen LogP contribution in [0.25, 0.3) is 0 Å². The van der Waals surface area contributed by atoms with Crippen molar-refractivity contribution in [1.82, 2.24) is 14.8 Å². The number of carbonyl (C=O) groups is 1. The molecule has 0 radical (unpaired) electrons. The van der Waals surface area contributed by atoms with Gasteiger partial charge in [0.15, 0.2) is 0 Å². The van der Waals surface area contributed by atoms with Crippen molar-refractivity contribution in [1.29, 1.82) is 0 Å². The molecule has 29 heavy (non-hydrogen) atoms. The second kappa shape index (κ2) is 9.46. The van der Waals surface area contributed by atoms with Gasteiger partial charge >= 0.3 is 0 Å². The van der Waals surface area contributed by atoms with Crippen LogP contribution >= 0.6 is 0 Å². The fourth-order valence-electron chi connectivity index (χ4n) is 4.22. The number of carbonyl (C=O) groups excluding carboxylic acids is 1. The average molecular weight is 397 g/mol. The molecular formula is C23H28FN3O2. The SMILES string of the molecule is O=C(CN1CCC[C@@H](c2cccc(Cc3cccc(F)c3)n2)C1)N1CCOCC1. The van der Waals surface area contributed by atoms with Crippen molar-refractivity contribution >= 4 is 5.91 Å². The second-order valence-electron chi connectivity index (χ2n) is 7.93. The Balaban J connectivity index is 1.38. The first-order chi connectivity index (χ1) is 14.2. The number of piperidine rings is 1. The van der Waals surface area contributed by atoms with Crippen LogP contribution in [0.4, 0.5) is 4.39 Å². The Kier molecular flexibility index (Phi) is 6.52. The Labute approximate surface area is 171 Å². The van der Waals surface area contributed by atoms with Gasteiger partial charge in [-0.1, -0.05) is 18.2 Å². The zero-order chi connectivity index (χ0) is 20.1. The van der Waals surface area contributed by atoms with Crippen LogP contribution in [-0.4, -0.2) is 66.6 Å². The first-order valence-corrected chi connectivity index (χ1v) is 10.5. The highest BCUT2D eigenvalue weighted by Crippen LogP contribution is 2.26. The van der Waals surface area contributed by atoms with Gasteiger partial charge in [-0.05, 0) is 49.2 Å². The highest BCUT2D eigenvalue weighted by atomic mass is 19.1. The number of amides is 1. The molecule has 2 aromatic rings. The normalized spacial score (nSPS) is 20.6. The predicted molar refractivity (Wildman–Crippen MR) is 109 cm³/mol. The zero-order valence-corrected chi connectivity index (χ0v) is 16.7. The van der Waals surface area contributed by atoms with Crippen molar-refractivity contribution in [3.63, 3.8) is 0 Å². The lowest BCUT2D eigenvalue weighted by Gasteiger charge is -2.34. The minimum Gasteiger partial charge on any atom is -0.378 e. The molecule has 4 rings (SSSR count). The molecule has 0 spiro atoms. The summed E-state index contributed by atoms with van der Waals surface area (Å²) in [7, 11) is 0. The molecule has 0 N–H and O–H groups in total. The van der Waals surface area contributed by atoms with Crippen LogP contribution < -0.4 is 0 Å². The molecule has 0 bridgehead atoms. The van der Waals surface area contributed by atoms with Crippen molar-refractivity contribution in [3.8, 4) is 0 Å². The van der Waals surface area contributed by atoms with Crippen LogP contribution in [0.15, 0.2) is 42.5 Å². The maximum Gasteiger partial charge on any atom is 0.236 e. The summed E-state index contributed by atoms with van der Waals surface area (Å²) in [6, 6.07) is 12.8. The van der Waals surface area contributed by atoms with Crippen LogP contribution in [0.3, 0.4) is 0 Å². The van der Waals surface area contributed by atoms with Gasteiger partial charge in [-0.2, -0.15) is 0 Å². The number of ether oxygens (including phenoxy) is 1. The highest BCUT2D eigenvalue weighted by Gasteiger charge is 2.26. The summed E-state index contributed by atoms with van der Waals surface area (Å²) >= 11 is 0. The van der Waals surface area contributed by atoms with Gasteiger partial charge in [0.2, 0.25) is 5.91 Å². The van der Waals surface area contributed by atoms with E-state index in [9.17, 15) is 9.18 Å². The number of pyridine rings is 1. The summed E-state index contributed by atoms with van der Waals surface area (Å²) < 4.78 is 18.8. The first kappa shape index (κ1) is 20.0. The minimum atomic E-state index is -0.216. The number of hydrogen-bond donors (Lipinski definition) is 0. The Bertz CT molecular complexity index is 838. The van der Waals surface area contributed by atoms with Gasteiger partial charge in [0.05, 0.1) is 19.8 Å². The highest BCUT2D eigenvalue weighted by molar-refractivity contribution is 5.78. The summed E-state index contributed by atoms with van der Waals surface area (Å²) in [4.78, 5) is 21.6. The molecule has 0 aliphatic carbocycles. The number of nitrogens with zero attached hydrogens (tertiary/aromatic N) is 3. The lowest BCUT2D eigenvalue weighted by molar-refractivity contribution is -0.136. The Morgan fingerprint density at radius 3 is 2.79 bits per heavy atom. The zero-order valence-electron chi connectivity index (χ0n) is 16.7. The molecule has 1 aromatic heterocycles. The van der Waals surface area contributed by atoms with E-state index in [-0.39, 0.29) is 11.7 Å². The number of rotatable bonds is 5. The molecule has 1 atom stereocenters. The summed E-state index contributed by atoms with van der Waals surface area (Å²) in [5.41, 5.74) is 2.95. The fraction of sp³-hybridized carbons (Fsp3) is 0.478. The summed E-state index contributed by atoms with van der Waals surface area (Å²) in [6.07, 6.45) is 2.77. The molecule has 0 unspecified atom stereocenters. The molecule has 1 amide bonds. The number of halogens is 1. The topological polar surface area (TPSA) is 45.7 Å². The molecule has 3 heterocycles. The van der Waals surface area contributed by atoms with E-state index in [1.54, 1.807) is 12.1 Å². The third-order valence-electron chi connectivity index (χ3n) is 5.75. The Morgan fingerprint density at radius 2 is 1.97 bits per heavy atom. The van der Waals surface area contributed by atoms with E-state index in [4.69, 9.17) is 9.72 Å².